The SMILES string of the molecule is c1ccc2nc(NCCN3CCCCC3)ccc2c1. The molecule has 2 aromatic rings. The van der Waals surface area contributed by atoms with Crippen molar-refractivity contribution in [2.24, 2.45) is 0 Å². The van der Waals surface area contributed by atoms with Crippen molar-refractivity contribution in [3.05, 3.63) is 36.4 Å². The van der Waals surface area contributed by atoms with Gasteiger partial charge in [0.05, 0.1) is 5.52 Å². The number of pyridine rings is 1. The molecule has 0 atom stereocenters. The minimum absolute atomic E-state index is 0.978. The van der Waals surface area contributed by atoms with Crippen LogP contribution >= 0.6 is 0 Å². The zero-order valence-corrected chi connectivity index (χ0v) is 11.3. The predicted molar refractivity (Wildman–Crippen MR) is 80.5 cm³/mol. The summed E-state index contributed by atoms with van der Waals surface area (Å²) in [6.07, 6.45) is 4.11. The quantitative estimate of drug-likeness (QED) is 0.909. The molecule has 2 heterocycles. The first-order chi connectivity index (χ1) is 9.42. The van der Waals surface area contributed by atoms with E-state index in [0.717, 1.165) is 24.4 Å². The fraction of sp³-hybridized carbons (Fsp3) is 0.438. The highest BCUT2D eigenvalue weighted by atomic mass is 15.1. The summed E-state index contributed by atoms with van der Waals surface area (Å²) in [4.78, 5) is 7.17. The lowest BCUT2D eigenvalue weighted by atomic mass is 10.1. The zero-order chi connectivity index (χ0) is 12.9. The summed E-state index contributed by atoms with van der Waals surface area (Å²) in [7, 11) is 0. The lowest BCUT2D eigenvalue weighted by Gasteiger charge is -2.26. The Morgan fingerprint density at radius 3 is 2.74 bits per heavy atom. The van der Waals surface area contributed by atoms with Crippen LogP contribution in [0.25, 0.3) is 10.9 Å². The van der Waals surface area contributed by atoms with Crippen molar-refractivity contribution in [1.29, 1.82) is 0 Å². The van der Waals surface area contributed by atoms with Gasteiger partial charge in [0.2, 0.25) is 0 Å². The molecule has 100 valence electrons. The summed E-state index contributed by atoms with van der Waals surface area (Å²) in [6.45, 7) is 4.61. The van der Waals surface area contributed by atoms with Gasteiger partial charge in [-0.05, 0) is 44.1 Å². The predicted octanol–water partition coefficient (Wildman–Crippen LogP) is 3.13. The molecule has 0 unspecified atom stereocenters. The molecule has 0 spiro atoms. The molecule has 0 saturated carbocycles. The number of nitrogens with one attached hydrogen (secondary N) is 1. The van der Waals surface area contributed by atoms with Crippen LogP contribution in [0.4, 0.5) is 5.82 Å². The molecule has 1 saturated heterocycles. The van der Waals surface area contributed by atoms with Crippen molar-refractivity contribution in [2.75, 3.05) is 31.5 Å². The van der Waals surface area contributed by atoms with E-state index in [9.17, 15) is 0 Å². The molecule has 0 bridgehead atoms. The van der Waals surface area contributed by atoms with Gasteiger partial charge >= 0.3 is 0 Å². The number of hydrogen-bond acceptors (Lipinski definition) is 3. The van der Waals surface area contributed by atoms with E-state index in [4.69, 9.17) is 0 Å². The van der Waals surface area contributed by atoms with Crippen LogP contribution in [0.15, 0.2) is 36.4 Å². The maximum atomic E-state index is 4.63. The average molecular weight is 255 g/mol. The first-order valence-electron chi connectivity index (χ1n) is 7.24. The summed E-state index contributed by atoms with van der Waals surface area (Å²) in [6, 6.07) is 12.4. The van der Waals surface area contributed by atoms with E-state index in [0.29, 0.717) is 0 Å². The van der Waals surface area contributed by atoms with Gasteiger partial charge in [-0.25, -0.2) is 4.98 Å². The molecule has 1 aromatic carbocycles. The van der Waals surface area contributed by atoms with Crippen molar-refractivity contribution in [1.82, 2.24) is 9.88 Å². The van der Waals surface area contributed by atoms with Crippen LogP contribution in [0.1, 0.15) is 19.3 Å². The highest BCUT2D eigenvalue weighted by Gasteiger charge is 2.08. The van der Waals surface area contributed by atoms with Gasteiger partial charge in [0.25, 0.3) is 0 Å². The van der Waals surface area contributed by atoms with Crippen molar-refractivity contribution < 1.29 is 0 Å². The molecule has 1 fully saturated rings. The Hall–Kier alpha value is -1.61. The highest BCUT2D eigenvalue weighted by Crippen LogP contribution is 2.14. The fourth-order valence-electron chi connectivity index (χ4n) is 2.69. The molecular weight excluding hydrogens is 234 g/mol. The molecule has 0 radical (unpaired) electrons. The van der Waals surface area contributed by atoms with Crippen LogP contribution < -0.4 is 5.32 Å². The second kappa shape index (κ2) is 6.02. The molecule has 1 aliphatic heterocycles. The Morgan fingerprint density at radius 2 is 1.84 bits per heavy atom. The largest absolute Gasteiger partial charge is 0.369 e. The number of para-hydroxylation sites is 1. The number of nitrogens with zero attached hydrogens (tertiary/aromatic N) is 2. The number of anilines is 1. The number of fused-ring (bicyclic) bond motifs is 1. The number of hydrogen-bond donors (Lipinski definition) is 1. The van der Waals surface area contributed by atoms with Crippen molar-refractivity contribution in [3.63, 3.8) is 0 Å². The topological polar surface area (TPSA) is 28.2 Å². The summed E-state index contributed by atoms with van der Waals surface area (Å²) >= 11 is 0. The summed E-state index contributed by atoms with van der Waals surface area (Å²) < 4.78 is 0. The van der Waals surface area contributed by atoms with E-state index in [1.54, 1.807) is 0 Å². The fourth-order valence-corrected chi connectivity index (χ4v) is 2.69. The second-order valence-electron chi connectivity index (χ2n) is 5.22. The molecule has 1 aromatic heterocycles. The van der Waals surface area contributed by atoms with Gasteiger partial charge in [-0.3, -0.25) is 0 Å². The van der Waals surface area contributed by atoms with E-state index in [1.165, 1.54) is 37.7 Å². The van der Waals surface area contributed by atoms with Gasteiger partial charge in [0.15, 0.2) is 0 Å². The third-order valence-corrected chi connectivity index (χ3v) is 3.78. The average Bonchev–Trinajstić information content (AvgIpc) is 2.48. The zero-order valence-electron chi connectivity index (χ0n) is 11.3. The molecule has 3 nitrogen and oxygen atoms in total. The van der Waals surface area contributed by atoms with Crippen LogP contribution in [0, 0.1) is 0 Å². The number of likely N-dealkylation sites (tertiary alicyclic amines) is 1. The molecule has 0 amide bonds. The molecule has 3 rings (SSSR count). The smallest absolute Gasteiger partial charge is 0.126 e. The molecule has 1 N–H and O–H groups in total. The van der Waals surface area contributed by atoms with Crippen LogP contribution in [0.2, 0.25) is 0 Å². The molecular formula is C16H21N3. The normalized spacial score (nSPS) is 16.6. The van der Waals surface area contributed by atoms with Crippen LogP contribution in [0.3, 0.4) is 0 Å². The summed E-state index contributed by atoms with van der Waals surface area (Å²) in [5.41, 5.74) is 1.06. The lowest BCUT2D eigenvalue weighted by molar-refractivity contribution is 0.237. The number of benzene rings is 1. The first kappa shape index (κ1) is 12.4. The van der Waals surface area contributed by atoms with E-state index in [1.807, 2.05) is 12.1 Å². The summed E-state index contributed by atoms with van der Waals surface area (Å²) in [5.74, 6) is 0.982. The van der Waals surface area contributed by atoms with Gasteiger partial charge in [0, 0.05) is 18.5 Å². The van der Waals surface area contributed by atoms with Crippen molar-refractivity contribution in [3.8, 4) is 0 Å². The Labute approximate surface area is 114 Å². The van der Waals surface area contributed by atoms with Crippen LogP contribution in [0.5, 0.6) is 0 Å². The number of rotatable bonds is 4. The summed E-state index contributed by atoms with van der Waals surface area (Å²) in [5, 5.41) is 4.63. The molecule has 19 heavy (non-hydrogen) atoms. The maximum absolute atomic E-state index is 4.63. The second-order valence-corrected chi connectivity index (χ2v) is 5.22. The van der Waals surface area contributed by atoms with Gasteiger partial charge in [-0.2, -0.15) is 0 Å². The van der Waals surface area contributed by atoms with E-state index in [-0.39, 0.29) is 0 Å². The van der Waals surface area contributed by atoms with Crippen molar-refractivity contribution in [2.45, 2.75) is 19.3 Å². The van der Waals surface area contributed by atoms with Crippen molar-refractivity contribution >= 4 is 16.7 Å². The molecule has 1 aliphatic rings. The first-order valence-corrected chi connectivity index (χ1v) is 7.24. The number of aromatic nitrogens is 1. The monoisotopic (exact) mass is 255 g/mol. The number of piperidine rings is 1. The van der Waals surface area contributed by atoms with Gasteiger partial charge < -0.3 is 10.2 Å². The third kappa shape index (κ3) is 3.24. The van der Waals surface area contributed by atoms with Crippen LogP contribution in [-0.4, -0.2) is 36.1 Å². The van der Waals surface area contributed by atoms with E-state index < -0.39 is 0 Å². The van der Waals surface area contributed by atoms with Crippen LogP contribution in [-0.2, 0) is 0 Å². The van der Waals surface area contributed by atoms with E-state index >= 15 is 0 Å². The van der Waals surface area contributed by atoms with E-state index in [2.05, 4.69) is 39.5 Å². The minimum atomic E-state index is 0.978. The molecule has 3 heteroatoms. The van der Waals surface area contributed by atoms with Gasteiger partial charge in [-0.15, -0.1) is 0 Å². The third-order valence-electron chi connectivity index (χ3n) is 3.78. The standard InChI is InChI=1S/C16H21N3/c1-4-11-19(12-5-1)13-10-17-16-9-8-14-6-2-3-7-15(14)18-16/h2-3,6-9H,1,4-5,10-13H2,(H,17,18). The lowest BCUT2D eigenvalue weighted by Crippen LogP contribution is -2.33. The Morgan fingerprint density at radius 1 is 1.00 bits per heavy atom. The minimum Gasteiger partial charge on any atom is -0.369 e. The van der Waals surface area contributed by atoms with Gasteiger partial charge in [0.1, 0.15) is 5.82 Å². The van der Waals surface area contributed by atoms with Gasteiger partial charge in [-0.1, -0.05) is 24.6 Å². The maximum Gasteiger partial charge on any atom is 0.126 e. The Balaban J connectivity index is 1.56. The molecule has 0 aliphatic carbocycles. The Bertz CT molecular complexity index is 532. The highest BCUT2D eigenvalue weighted by molar-refractivity contribution is 5.79. The Kier molecular flexibility index (Phi) is 3.94.